The number of carboxylic acid groups (broad SMARTS) is 1. The van der Waals surface area contributed by atoms with Crippen molar-refractivity contribution >= 4 is 12.0 Å². The van der Waals surface area contributed by atoms with E-state index in [-0.39, 0.29) is 12.1 Å². The van der Waals surface area contributed by atoms with E-state index in [0.717, 1.165) is 18.4 Å². The van der Waals surface area contributed by atoms with Crippen LogP contribution in [0, 0.1) is 0 Å². The van der Waals surface area contributed by atoms with Crippen LogP contribution < -0.4 is 5.32 Å². The van der Waals surface area contributed by atoms with Crippen molar-refractivity contribution in [2.45, 2.75) is 44.7 Å². The zero-order valence-corrected chi connectivity index (χ0v) is 12.4. The Bertz CT molecular complexity index is 520. The van der Waals surface area contributed by atoms with Crippen LogP contribution >= 0.6 is 0 Å². The number of nitrogens with zero attached hydrogens (tertiary/aromatic N) is 2. The molecule has 1 saturated heterocycles. The molecule has 2 amide bonds. The number of likely N-dealkylation sites (tertiary alicyclic amines) is 1. The molecule has 21 heavy (non-hydrogen) atoms. The Morgan fingerprint density at radius 2 is 2.05 bits per heavy atom. The number of piperidine rings is 1. The quantitative estimate of drug-likeness (QED) is 0.894. The molecule has 2 rings (SSSR count). The van der Waals surface area contributed by atoms with E-state index in [1.807, 2.05) is 19.1 Å². The minimum absolute atomic E-state index is 0.194. The van der Waals surface area contributed by atoms with Crippen molar-refractivity contribution in [3.63, 3.8) is 0 Å². The second kappa shape index (κ2) is 6.11. The highest BCUT2D eigenvalue weighted by molar-refractivity contribution is 5.86. The molecule has 1 aromatic rings. The van der Waals surface area contributed by atoms with Crippen LogP contribution in [0.5, 0.6) is 0 Å². The van der Waals surface area contributed by atoms with Crippen molar-refractivity contribution in [1.29, 1.82) is 0 Å². The molecule has 114 valence electrons. The van der Waals surface area contributed by atoms with Crippen LogP contribution in [-0.2, 0) is 4.79 Å². The first-order valence-corrected chi connectivity index (χ1v) is 7.16. The lowest BCUT2D eigenvalue weighted by Gasteiger charge is -2.41. The van der Waals surface area contributed by atoms with Crippen molar-refractivity contribution in [3.8, 4) is 0 Å². The van der Waals surface area contributed by atoms with E-state index >= 15 is 0 Å². The number of pyridine rings is 1. The highest BCUT2D eigenvalue weighted by atomic mass is 16.4. The Labute approximate surface area is 124 Å². The van der Waals surface area contributed by atoms with Gasteiger partial charge in [0.15, 0.2) is 0 Å². The molecular formula is C15H21N3O3. The monoisotopic (exact) mass is 291 g/mol. The summed E-state index contributed by atoms with van der Waals surface area (Å²) in [6, 6.07) is 3.14. The van der Waals surface area contributed by atoms with Crippen LogP contribution in [0.2, 0.25) is 0 Å². The molecule has 2 heterocycles. The summed E-state index contributed by atoms with van der Waals surface area (Å²) in [5.41, 5.74) is -0.187. The fourth-order valence-corrected chi connectivity index (χ4v) is 2.67. The highest BCUT2D eigenvalue weighted by Crippen LogP contribution is 2.28. The van der Waals surface area contributed by atoms with Gasteiger partial charge in [-0.25, -0.2) is 9.59 Å². The Kier molecular flexibility index (Phi) is 4.45. The molecule has 0 bridgehead atoms. The maximum atomic E-state index is 12.4. The fraction of sp³-hybridized carbons (Fsp3) is 0.533. The number of nitrogens with one attached hydrogen (secondary N) is 1. The normalized spacial score (nSPS) is 23.4. The number of rotatable bonds is 3. The number of carbonyl (C=O) groups is 2. The molecular weight excluding hydrogens is 270 g/mol. The van der Waals surface area contributed by atoms with Crippen molar-refractivity contribution in [3.05, 3.63) is 30.1 Å². The number of amides is 2. The Balaban J connectivity index is 2.10. The van der Waals surface area contributed by atoms with E-state index in [9.17, 15) is 14.7 Å². The molecule has 6 nitrogen and oxygen atoms in total. The van der Waals surface area contributed by atoms with Gasteiger partial charge in [-0.3, -0.25) is 4.98 Å². The molecule has 0 saturated carbocycles. The average molecular weight is 291 g/mol. The fourth-order valence-electron chi connectivity index (χ4n) is 2.67. The Morgan fingerprint density at radius 3 is 2.67 bits per heavy atom. The largest absolute Gasteiger partial charge is 0.480 e. The Morgan fingerprint density at radius 1 is 1.38 bits per heavy atom. The molecule has 2 unspecified atom stereocenters. The number of aromatic nitrogens is 1. The molecule has 2 atom stereocenters. The van der Waals surface area contributed by atoms with Gasteiger partial charge in [-0.1, -0.05) is 0 Å². The lowest BCUT2D eigenvalue weighted by molar-refractivity contribution is -0.150. The molecule has 2 N–H and O–H groups in total. The standard InChI is InChI=1S/C15H21N3O3/c1-11(12-5-8-16-9-6-12)17-14(21)18-10-4-3-7-15(18,2)13(19)20/h5-6,8-9,11H,3-4,7,10H2,1-2H3,(H,17,21)(H,19,20). The molecule has 1 aliphatic rings. The van der Waals surface area contributed by atoms with Crippen LogP contribution in [-0.4, -0.2) is 39.1 Å². The number of carboxylic acids is 1. The topological polar surface area (TPSA) is 82.5 Å². The van der Waals surface area contributed by atoms with Gasteiger partial charge >= 0.3 is 12.0 Å². The van der Waals surface area contributed by atoms with Crippen molar-refractivity contribution in [1.82, 2.24) is 15.2 Å². The average Bonchev–Trinajstić information content (AvgIpc) is 2.48. The van der Waals surface area contributed by atoms with E-state index in [4.69, 9.17) is 0 Å². The number of carbonyl (C=O) groups excluding carboxylic acids is 1. The summed E-state index contributed by atoms with van der Waals surface area (Å²) < 4.78 is 0. The van der Waals surface area contributed by atoms with Gasteiger partial charge in [-0.05, 0) is 50.8 Å². The third-order valence-electron chi connectivity index (χ3n) is 4.14. The van der Waals surface area contributed by atoms with Gasteiger partial charge in [-0.2, -0.15) is 0 Å². The first-order valence-electron chi connectivity index (χ1n) is 7.16. The van der Waals surface area contributed by atoms with E-state index in [2.05, 4.69) is 10.3 Å². The van der Waals surface area contributed by atoms with Gasteiger partial charge in [0.2, 0.25) is 0 Å². The minimum Gasteiger partial charge on any atom is -0.480 e. The minimum atomic E-state index is -1.12. The second-order valence-corrected chi connectivity index (χ2v) is 5.64. The zero-order chi connectivity index (χ0) is 15.5. The number of hydrogen-bond donors (Lipinski definition) is 2. The van der Waals surface area contributed by atoms with Gasteiger partial charge in [0.25, 0.3) is 0 Å². The zero-order valence-electron chi connectivity index (χ0n) is 12.4. The Hall–Kier alpha value is -2.11. The SMILES string of the molecule is CC(NC(=O)N1CCCCC1(C)C(=O)O)c1ccncc1. The van der Waals surface area contributed by atoms with Crippen LogP contribution in [0.1, 0.15) is 44.7 Å². The van der Waals surface area contributed by atoms with Gasteiger partial charge in [-0.15, -0.1) is 0 Å². The summed E-state index contributed by atoms with van der Waals surface area (Å²) in [4.78, 5) is 29.3. The molecule has 0 aliphatic carbocycles. The predicted octanol–water partition coefficient (Wildman–Crippen LogP) is 2.18. The molecule has 1 aromatic heterocycles. The van der Waals surface area contributed by atoms with Gasteiger partial charge in [0.1, 0.15) is 5.54 Å². The van der Waals surface area contributed by atoms with Crippen molar-refractivity contribution in [2.24, 2.45) is 0 Å². The lowest BCUT2D eigenvalue weighted by Crippen LogP contribution is -2.60. The summed E-state index contributed by atoms with van der Waals surface area (Å²) in [7, 11) is 0. The molecule has 6 heteroatoms. The maximum Gasteiger partial charge on any atom is 0.329 e. The summed E-state index contributed by atoms with van der Waals surface area (Å²) >= 11 is 0. The third-order valence-corrected chi connectivity index (χ3v) is 4.14. The molecule has 1 aliphatic heterocycles. The smallest absolute Gasteiger partial charge is 0.329 e. The van der Waals surface area contributed by atoms with Gasteiger partial charge < -0.3 is 15.3 Å². The van der Waals surface area contributed by atoms with E-state index in [1.54, 1.807) is 19.3 Å². The maximum absolute atomic E-state index is 12.4. The second-order valence-electron chi connectivity index (χ2n) is 5.64. The van der Waals surface area contributed by atoms with Crippen LogP contribution in [0.4, 0.5) is 4.79 Å². The first-order chi connectivity index (χ1) is 9.95. The lowest BCUT2D eigenvalue weighted by atomic mass is 9.89. The molecule has 0 radical (unpaired) electrons. The predicted molar refractivity (Wildman–Crippen MR) is 77.8 cm³/mol. The summed E-state index contributed by atoms with van der Waals surface area (Å²) in [6.45, 7) is 3.96. The van der Waals surface area contributed by atoms with Crippen molar-refractivity contribution < 1.29 is 14.7 Å². The highest BCUT2D eigenvalue weighted by Gasteiger charge is 2.44. The van der Waals surface area contributed by atoms with Gasteiger partial charge in [0.05, 0.1) is 6.04 Å². The third kappa shape index (κ3) is 3.15. The van der Waals surface area contributed by atoms with E-state index < -0.39 is 11.5 Å². The first kappa shape index (κ1) is 15.3. The molecule has 1 fully saturated rings. The number of urea groups is 1. The summed E-state index contributed by atoms with van der Waals surface area (Å²) in [6.07, 6.45) is 5.48. The van der Waals surface area contributed by atoms with E-state index in [1.165, 1.54) is 4.90 Å². The van der Waals surface area contributed by atoms with E-state index in [0.29, 0.717) is 13.0 Å². The summed E-state index contributed by atoms with van der Waals surface area (Å²) in [5, 5.41) is 12.3. The van der Waals surface area contributed by atoms with Crippen molar-refractivity contribution in [2.75, 3.05) is 6.54 Å². The van der Waals surface area contributed by atoms with Crippen LogP contribution in [0.25, 0.3) is 0 Å². The molecule has 0 spiro atoms. The number of aliphatic carboxylic acids is 1. The van der Waals surface area contributed by atoms with Crippen LogP contribution in [0.3, 0.4) is 0 Å². The number of hydrogen-bond acceptors (Lipinski definition) is 3. The van der Waals surface area contributed by atoms with Crippen LogP contribution in [0.15, 0.2) is 24.5 Å². The summed E-state index contributed by atoms with van der Waals surface area (Å²) in [5.74, 6) is -0.950. The molecule has 0 aromatic carbocycles. The van der Waals surface area contributed by atoms with Gasteiger partial charge in [0, 0.05) is 18.9 Å².